The molecule has 2 aromatic carbocycles. The van der Waals surface area contributed by atoms with Crippen LogP contribution in [0.15, 0.2) is 48.5 Å². The summed E-state index contributed by atoms with van der Waals surface area (Å²) in [6.07, 6.45) is 0. The SMILES string of the molecule is Clc1ccc([I+]c2ccc(Cl)cc2)cc1.F.F.F.F.F.[AsH3].[F-]. The van der Waals surface area contributed by atoms with Crippen molar-refractivity contribution < 1.29 is 49.4 Å². The Kier molecular flexibility index (Phi) is 32.6. The first-order valence-electron chi connectivity index (χ1n) is 4.40. The van der Waals surface area contributed by atoms with E-state index in [-0.39, 0.29) is 67.4 Å². The molecule has 0 N–H and O–H groups in total. The predicted octanol–water partition coefficient (Wildman–Crippen LogP) is -2.30. The van der Waals surface area contributed by atoms with E-state index in [1.54, 1.807) is 0 Å². The van der Waals surface area contributed by atoms with Gasteiger partial charge in [-0.25, -0.2) is 0 Å². The van der Waals surface area contributed by atoms with Gasteiger partial charge in [-0.3, -0.25) is 23.5 Å². The second-order valence-corrected chi connectivity index (χ2v) is 6.87. The zero-order valence-electron chi connectivity index (χ0n) is 10.9. The number of rotatable bonds is 2. The van der Waals surface area contributed by atoms with Crippen LogP contribution in [0.5, 0.6) is 0 Å². The maximum Gasteiger partial charge on any atom is -1.00 e. The first kappa shape index (κ1) is 37.8. The van der Waals surface area contributed by atoms with Crippen molar-refractivity contribution in [1.82, 2.24) is 0 Å². The fourth-order valence-corrected chi connectivity index (χ4v) is 3.52. The van der Waals surface area contributed by atoms with Crippen LogP contribution in [0.3, 0.4) is 0 Å². The van der Waals surface area contributed by atoms with E-state index in [1.807, 2.05) is 24.3 Å². The van der Waals surface area contributed by atoms with Gasteiger partial charge >= 0.3 is 39.2 Å². The molecule has 0 bridgehead atoms. The third-order valence-electron chi connectivity index (χ3n) is 1.83. The van der Waals surface area contributed by atoms with Crippen molar-refractivity contribution in [3.8, 4) is 0 Å². The summed E-state index contributed by atoms with van der Waals surface area (Å²) in [6.45, 7) is 0. The average Bonchev–Trinajstić information content (AvgIpc) is 2.25. The monoisotopic (exact) mass is 546 g/mol. The molecule has 0 aliphatic carbocycles. The largest absolute Gasteiger partial charge is 1.00 e. The van der Waals surface area contributed by atoms with Gasteiger partial charge in [-0.1, -0.05) is 23.2 Å². The summed E-state index contributed by atoms with van der Waals surface area (Å²) >= 11 is 11.5. The van der Waals surface area contributed by atoms with Crippen LogP contribution in [0.4, 0.5) is 23.5 Å². The van der Waals surface area contributed by atoms with Gasteiger partial charge in [-0.2, -0.15) is 0 Å². The number of hydrogen-bond acceptors (Lipinski definition) is 0. The minimum Gasteiger partial charge on any atom is -1.00 e. The molecule has 0 heterocycles. The average molecular weight is 547 g/mol. The Morgan fingerprint density at radius 2 is 0.773 bits per heavy atom. The third kappa shape index (κ3) is 12.4. The van der Waals surface area contributed by atoms with Gasteiger partial charge in [0, 0.05) is 10.0 Å². The summed E-state index contributed by atoms with van der Waals surface area (Å²) in [5.74, 6) is 0. The minimum atomic E-state index is -0.114. The van der Waals surface area contributed by atoms with Crippen molar-refractivity contribution in [1.29, 1.82) is 0 Å². The van der Waals surface area contributed by atoms with Crippen molar-refractivity contribution >= 4 is 41.2 Å². The summed E-state index contributed by atoms with van der Waals surface area (Å²) in [4.78, 5) is 0. The van der Waals surface area contributed by atoms with E-state index in [2.05, 4.69) is 24.3 Å². The maximum absolute atomic E-state index is 5.83. The van der Waals surface area contributed by atoms with Gasteiger partial charge in [0.2, 0.25) is 0 Å². The van der Waals surface area contributed by atoms with Gasteiger partial charge in [0.25, 0.3) is 0 Å². The molecule has 0 aliphatic rings. The van der Waals surface area contributed by atoms with Crippen LogP contribution < -0.4 is 25.9 Å². The minimum absolute atomic E-state index is 0. The summed E-state index contributed by atoms with van der Waals surface area (Å²) < 4.78 is 2.72. The summed E-state index contributed by atoms with van der Waals surface area (Å²) in [6, 6.07) is 16.1. The van der Waals surface area contributed by atoms with Gasteiger partial charge < -0.3 is 4.70 Å². The van der Waals surface area contributed by atoms with Gasteiger partial charge in [-0.05, 0) is 48.5 Å². The number of halogens is 9. The molecular formula is C12H16AsCl2F6I. The predicted molar refractivity (Wildman–Crippen MR) is 82.8 cm³/mol. The number of hydrogen-bond donors (Lipinski definition) is 0. The van der Waals surface area contributed by atoms with E-state index < -0.39 is 0 Å². The fraction of sp³-hybridized carbons (Fsp3) is 0. The summed E-state index contributed by atoms with van der Waals surface area (Å²) in [5.41, 5.74) is 0. The molecule has 22 heavy (non-hydrogen) atoms. The Labute approximate surface area is 155 Å². The maximum atomic E-state index is 5.83. The smallest absolute Gasteiger partial charge is 1.00 e. The molecule has 10 heteroatoms. The Balaban J connectivity index is -0.0000000914. The zero-order chi connectivity index (χ0) is 10.7. The van der Waals surface area contributed by atoms with Crippen molar-refractivity contribution in [3.05, 3.63) is 65.7 Å². The molecule has 0 fully saturated rings. The van der Waals surface area contributed by atoms with E-state index >= 15 is 0 Å². The first-order valence-corrected chi connectivity index (χ1v) is 7.31. The van der Waals surface area contributed by atoms with Crippen LogP contribution in [0.25, 0.3) is 0 Å². The van der Waals surface area contributed by atoms with Crippen molar-refractivity contribution in [3.63, 3.8) is 0 Å². The van der Waals surface area contributed by atoms with E-state index in [4.69, 9.17) is 23.2 Å². The topological polar surface area (TPSA) is 0 Å². The van der Waals surface area contributed by atoms with Crippen molar-refractivity contribution in [2.75, 3.05) is 0 Å². The molecular weight excluding hydrogens is 531 g/mol. The molecule has 2 aromatic rings. The Hall–Kier alpha value is -0.112. The molecule has 0 aliphatic heterocycles. The zero-order valence-corrected chi connectivity index (χ0v) is 17.5. The third-order valence-corrected chi connectivity index (χ3v) is 5.01. The first-order chi connectivity index (χ1) is 7.24. The van der Waals surface area contributed by atoms with Crippen molar-refractivity contribution in [2.24, 2.45) is 0 Å². The van der Waals surface area contributed by atoms with Gasteiger partial charge in [0.15, 0.2) is 7.14 Å². The van der Waals surface area contributed by atoms with Crippen molar-refractivity contribution in [2.45, 2.75) is 0 Å². The van der Waals surface area contributed by atoms with Gasteiger partial charge in [0.05, 0.1) is 0 Å². The van der Waals surface area contributed by atoms with Gasteiger partial charge in [0.1, 0.15) is 0 Å². The molecule has 0 amide bonds. The molecule has 1 unspecified atom stereocenters. The van der Waals surface area contributed by atoms with Crippen LogP contribution in [0.2, 0.25) is 10.0 Å². The molecule has 0 nitrogen and oxygen atoms in total. The van der Waals surface area contributed by atoms with E-state index in [0.717, 1.165) is 10.0 Å². The molecule has 132 valence electrons. The van der Waals surface area contributed by atoms with E-state index in [0.29, 0.717) is 0 Å². The Morgan fingerprint density at radius 3 is 1.00 bits per heavy atom. The standard InChI is InChI=1S/C12H8Cl2I.AsH3.6FH/c13-9-1-5-11(6-2-9)15-12-7-3-10(14)4-8-12;;;;;;;/h1-8H;1H3;6*1H/q+1;;;;;;;/p-1. The fourth-order valence-electron chi connectivity index (χ4n) is 1.11. The van der Waals surface area contributed by atoms with E-state index in [1.165, 1.54) is 7.14 Å². The molecule has 0 saturated heterocycles. The Morgan fingerprint density at radius 1 is 0.545 bits per heavy atom. The van der Waals surface area contributed by atoms with Crippen LogP contribution in [0, 0.1) is 7.14 Å². The molecule has 1 atom stereocenters. The van der Waals surface area contributed by atoms with Crippen LogP contribution in [-0.4, -0.2) is 18.0 Å². The van der Waals surface area contributed by atoms with Crippen LogP contribution in [0.1, 0.15) is 0 Å². The van der Waals surface area contributed by atoms with Crippen LogP contribution >= 0.6 is 23.2 Å². The van der Waals surface area contributed by atoms with Gasteiger partial charge in [-0.15, -0.1) is 0 Å². The number of benzene rings is 2. The second kappa shape index (κ2) is 18.9. The molecule has 0 radical (unpaired) electrons. The second-order valence-electron chi connectivity index (χ2n) is 2.97. The molecule has 0 spiro atoms. The summed E-state index contributed by atoms with van der Waals surface area (Å²) in [7, 11) is 0. The summed E-state index contributed by atoms with van der Waals surface area (Å²) in [5, 5.41) is 1.58. The molecule has 0 aromatic heterocycles. The van der Waals surface area contributed by atoms with Crippen LogP contribution in [-0.2, 0) is 0 Å². The molecule has 0 saturated carbocycles. The molecule has 2 rings (SSSR count). The Bertz CT molecular complexity index is 415. The normalized spacial score (nSPS) is 7.00. The quantitative estimate of drug-likeness (QED) is 0.226. The van der Waals surface area contributed by atoms with E-state index in [9.17, 15) is 0 Å².